The Morgan fingerprint density at radius 1 is 1.33 bits per heavy atom. The number of rotatable bonds is 2. The van der Waals surface area contributed by atoms with Gasteiger partial charge in [-0.2, -0.15) is 0 Å². The Kier molecular flexibility index (Phi) is 2.83. The van der Waals surface area contributed by atoms with Crippen LogP contribution in [0.1, 0.15) is 31.7 Å². The first-order valence-electron chi connectivity index (χ1n) is 5.34. The smallest absolute Gasteiger partial charge is 0.133 e. The molecule has 0 amide bonds. The lowest BCUT2D eigenvalue weighted by atomic mass is 9.82. The summed E-state index contributed by atoms with van der Waals surface area (Å²) in [5, 5.41) is 0.770. The summed E-state index contributed by atoms with van der Waals surface area (Å²) < 4.78 is 0. The maximum atomic E-state index is 11.3. The molecule has 2 rings (SSSR count). The van der Waals surface area contributed by atoms with E-state index in [1.807, 2.05) is 12.1 Å². The van der Waals surface area contributed by atoms with Crippen molar-refractivity contribution in [3.05, 3.63) is 34.9 Å². The molecule has 15 heavy (non-hydrogen) atoms. The van der Waals surface area contributed by atoms with Gasteiger partial charge in [-0.1, -0.05) is 30.7 Å². The predicted octanol–water partition coefficient (Wildman–Crippen LogP) is 3.64. The molecule has 1 aromatic rings. The van der Waals surface area contributed by atoms with Crippen molar-refractivity contribution in [1.29, 1.82) is 0 Å². The quantitative estimate of drug-likeness (QED) is 0.747. The zero-order chi connectivity index (χ0) is 10.9. The van der Waals surface area contributed by atoms with Crippen LogP contribution >= 0.6 is 11.6 Å². The van der Waals surface area contributed by atoms with Gasteiger partial charge in [0.05, 0.1) is 0 Å². The van der Waals surface area contributed by atoms with Crippen molar-refractivity contribution in [3.63, 3.8) is 0 Å². The molecule has 1 aromatic carbocycles. The number of benzene rings is 1. The molecule has 1 atom stereocenters. The second kappa shape index (κ2) is 3.97. The van der Waals surface area contributed by atoms with E-state index < -0.39 is 0 Å². The normalized spacial score (nSPS) is 25.9. The Morgan fingerprint density at radius 3 is 2.53 bits per heavy atom. The first kappa shape index (κ1) is 10.7. The van der Waals surface area contributed by atoms with Gasteiger partial charge < -0.3 is 0 Å². The molecule has 0 aromatic heterocycles. The average Bonchev–Trinajstić information content (AvgIpc) is 2.50. The molecule has 0 spiro atoms. The third-order valence-corrected chi connectivity index (χ3v) is 3.43. The third kappa shape index (κ3) is 2.60. The molecule has 0 aliphatic heterocycles. The van der Waals surface area contributed by atoms with E-state index in [2.05, 4.69) is 19.1 Å². The van der Waals surface area contributed by atoms with Gasteiger partial charge in [-0.15, -0.1) is 0 Å². The topological polar surface area (TPSA) is 17.1 Å². The van der Waals surface area contributed by atoms with Crippen molar-refractivity contribution in [1.82, 2.24) is 0 Å². The number of carbonyl (C=O) groups excluding carboxylic acids is 1. The molecule has 0 radical (unpaired) electrons. The fraction of sp³-hybridized carbons (Fsp3) is 0.462. The Morgan fingerprint density at radius 2 is 2.00 bits per heavy atom. The van der Waals surface area contributed by atoms with Crippen LogP contribution in [0.25, 0.3) is 0 Å². The van der Waals surface area contributed by atoms with E-state index in [0.717, 1.165) is 30.7 Å². The molecule has 1 fully saturated rings. The van der Waals surface area contributed by atoms with E-state index in [0.29, 0.717) is 5.78 Å². The molecule has 0 N–H and O–H groups in total. The number of hydrogen-bond acceptors (Lipinski definition) is 1. The SMILES string of the molecule is CC1(Cc2ccc(Cl)cc2)CCC(=O)C1. The minimum atomic E-state index is 0.172. The number of hydrogen-bond donors (Lipinski definition) is 0. The van der Waals surface area contributed by atoms with E-state index in [9.17, 15) is 4.79 Å². The third-order valence-electron chi connectivity index (χ3n) is 3.18. The van der Waals surface area contributed by atoms with Crippen LogP contribution in [0.2, 0.25) is 5.02 Å². The minimum absolute atomic E-state index is 0.172. The Hall–Kier alpha value is -0.820. The van der Waals surface area contributed by atoms with Gasteiger partial charge in [-0.05, 0) is 36.0 Å². The average molecular weight is 223 g/mol. The van der Waals surface area contributed by atoms with Gasteiger partial charge in [-0.3, -0.25) is 4.79 Å². The highest BCUT2D eigenvalue weighted by Gasteiger charge is 2.33. The molecular weight excluding hydrogens is 208 g/mol. The van der Waals surface area contributed by atoms with E-state index in [-0.39, 0.29) is 5.41 Å². The van der Waals surface area contributed by atoms with Gasteiger partial charge in [0.25, 0.3) is 0 Å². The second-order valence-corrected chi connectivity index (χ2v) is 5.27. The lowest BCUT2D eigenvalue weighted by Gasteiger charge is -2.22. The summed E-state index contributed by atoms with van der Waals surface area (Å²) >= 11 is 5.83. The van der Waals surface area contributed by atoms with Gasteiger partial charge in [0.15, 0.2) is 0 Å². The summed E-state index contributed by atoms with van der Waals surface area (Å²) in [6.45, 7) is 2.20. The highest BCUT2D eigenvalue weighted by atomic mass is 35.5. The van der Waals surface area contributed by atoms with E-state index in [1.54, 1.807) is 0 Å². The molecular formula is C13H15ClO. The Labute approximate surface area is 95.4 Å². The van der Waals surface area contributed by atoms with Crippen LogP contribution in [0.3, 0.4) is 0 Å². The number of Topliss-reactive ketones (excluding diaryl/α,β-unsaturated/α-hetero) is 1. The molecule has 0 saturated heterocycles. The number of ketones is 1. The van der Waals surface area contributed by atoms with E-state index >= 15 is 0 Å². The molecule has 1 nitrogen and oxygen atoms in total. The monoisotopic (exact) mass is 222 g/mol. The summed E-state index contributed by atoms with van der Waals surface area (Å²) in [5.74, 6) is 0.409. The first-order chi connectivity index (χ1) is 7.07. The largest absolute Gasteiger partial charge is 0.300 e. The van der Waals surface area contributed by atoms with Crippen LogP contribution in [-0.2, 0) is 11.2 Å². The summed E-state index contributed by atoms with van der Waals surface area (Å²) in [6, 6.07) is 7.93. The van der Waals surface area contributed by atoms with Crippen LogP contribution < -0.4 is 0 Å². The van der Waals surface area contributed by atoms with Gasteiger partial charge in [-0.25, -0.2) is 0 Å². The predicted molar refractivity (Wildman–Crippen MR) is 62.1 cm³/mol. The zero-order valence-corrected chi connectivity index (χ0v) is 9.68. The Balaban J connectivity index is 2.08. The van der Waals surface area contributed by atoms with Crippen molar-refractivity contribution >= 4 is 17.4 Å². The summed E-state index contributed by atoms with van der Waals surface area (Å²) in [4.78, 5) is 11.3. The lowest BCUT2D eigenvalue weighted by Crippen LogP contribution is -2.15. The van der Waals surface area contributed by atoms with Crippen molar-refractivity contribution in [2.45, 2.75) is 32.6 Å². The first-order valence-corrected chi connectivity index (χ1v) is 5.71. The molecule has 80 valence electrons. The summed E-state index contributed by atoms with van der Waals surface area (Å²) in [6.07, 6.45) is 3.49. The maximum absolute atomic E-state index is 11.3. The lowest BCUT2D eigenvalue weighted by molar-refractivity contribution is -0.117. The van der Waals surface area contributed by atoms with Gasteiger partial charge in [0.1, 0.15) is 5.78 Å². The highest BCUT2D eigenvalue weighted by Crippen LogP contribution is 2.38. The summed E-state index contributed by atoms with van der Waals surface area (Å²) in [7, 11) is 0. The van der Waals surface area contributed by atoms with Crippen LogP contribution in [-0.4, -0.2) is 5.78 Å². The van der Waals surface area contributed by atoms with Crippen molar-refractivity contribution < 1.29 is 4.79 Å². The van der Waals surface area contributed by atoms with Gasteiger partial charge >= 0.3 is 0 Å². The highest BCUT2D eigenvalue weighted by molar-refractivity contribution is 6.30. The van der Waals surface area contributed by atoms with Crippen LogP contribution in [0.15, 0.2) is 24.3 Å². The van der Waals surface area contributed by atoms with Gasteiger partial charge in [0, 0.05) is 17.9 Å². The van der Waals surface area contributed by atoms with Crippen LogP contribution in [0.5, 0.6) is 0 Å². The molecule has 1 unspecified atom stereocenters. The molecule has 1 aliphatic rings. The molecule has 0 bridgehead atoms. The minimum Gasteiger partial charge on any atom is -0.300 e. The number of halogens is 1. The molecule has 2 heteroatoms. The van der Waals surface area contributed by atoms with Crippen LogP contribution in [0, 0.1) is 5.41 Å². The van der Waals surface area contributed by atoms with Crippen molar-refractivity contribution in [3.8, 4) is 0 Å². The molecule has 1 aliphatic carbocycles. The van der Waals surface area contributed by atoms with Gasteiger partial charge in [0.2, 0.25) is 0 Å². The Bertz CT molecular complexity index is 369. The fourth-order valence-electron chi connectivity index (χ4n) is 2.34. The maximum Gasteiger partial charge on any atom is 0.133 e. The standard InChI is InChI=1S/C13H15ClO/c1-13(7-6-12(15)9-13)8-10-2-4-11(14)5-3-10/h2-5H,6-9H2,1H3. The van der Waals surface area contributed by atoms with Crippen LogP contribution in [0.4, 0.5) is 0 Å². The zero-order valence-electron chi connectivity index (χ0n) is 8.92. The molecule has 0 heterocycles. The summed E-state index contributed by atoms with van der Waals surface area (Å²) in [5.41, 5.74) is 1.45. The number of carbonyl (C=O) groups is 1. The van der Waals surface area contributed by atoms with E-state index in [4.69, 9.17) is 11.6 Å². The fourth-order valence-corrected chi connectivity index (χ4v) is 2.47. The van der Waals surface area contributed by atoms with Crippen molar-refractivity contribution in [2.24, 2.45) is 5.41 Å². The second-order valence-electron chi connectivity index (χ2n) is 4.83. The molecule has 1 saturated carbocycles. The van der Waals surface area contributed by atoms with Crippen molar-refractivity contribution in [2.75, 3.05) is 0 Å². The van der Waals surface area contributed by atoms with E-state index in [1.165, 1.54) is 5.56 Å².